The number of rotatable bonds is 5. The normalized spacial score (nSPS) is 16.2. The molecular formula is C24H25FN4O2. The van der Waals surface area contributed by atoms with Crippen LogP contribution in [0.5, 0.6) is 0 Å². The lowest BCUT2D eigenvalue weighted by Crippen LogP contribution is -2.42. The number of aromatic nitrogens is 2. The Morgan fingerprint density at radius 1 is 1.23 bits per heavy atom. The average Bonchev–Trinajstić information content (AvgIpc) is 2.78. The summed E-state index contributed by atoms with van der Waals surface area (Å²) < 4.78 is 19.5. The molecule has 4 rings (SSSR count). The van der Waals surface area contributed by atoms with Crippen molar-refractivity contribution < 1.29 is 13.9 Å². The second kappa shape index (κ2) is 9.22. The molecule has 0 radical (unpaired) electrons. The first-order valence-electron chi connectivity index (χ1n) is 10.3. The molecule has 160 valence electrons. The summed E-state index contributed by atoms with van der Waals surface area (Å²) in [5.41, 5.74) is 4.17. The number of nitrogens with one attached hydrogen (secondary N) is 1. The van der Waals surface area contributed by atoms with E-state index in [1.165, 1.54) is 6.07 Å². The predicted octanol–water partition coefficient (Wildman–Crippen LogP) is 3.77. The van der Waals surface area contributed by atoms with Crippen LogP contribution in [0.4, 0.5) is 10.2 Å². The standard InChI is InChI=1S/C24H25FN4O2/c1-16-10-18(11-17-4-3-5-20(25)12-17)13-21(28-16)22-15-29(8-9-31-22)24(30)19-6-7-27-23(14-19)26-2/h3-7,10,12-14,22H,8-9,11,15H2,1-2H3,(H,26,27)/t22-/m0/s1. The van der Waals surface area contributed by atoms with Crippen LogP contribution in [-0.2, 0) is 11.2 Å². The number of benzene rings is 1. The summed E-state index contributed by atoms with van der Waals surface area (Å²) in [5.74, 6) is 0.351. The van der Waals surface area contributed by atoms with Crippen molar-refractivity contribution in [2.24, 2.45) is 0 Å². The van der Waals surface area contributed by atoms with E-state index in [0.717, 1.165) is 22.5 Å². The maximum Gasteiger partial charge on any atom is 0.254 e. The van der Waals surface area contributed by atoms with Gasteiger partial charge in [0.1, 0.15) is 17.7 Å². The second-order valence-electron chi connectivity index (χ2n) is 7.64. The zero-order valence-electron chi connectivity index (χ0n) is 17.6. The molecule has 0 bridgehead atoms. The molecule has 3 aromatic rings. The number of carbonyl (C=O) groups is 1. The highest BCUT2D eigenvalue weighted by Crippen LogP contribution is 2.24. The molecule has 2 aromatic heterocycles. The van der Waals surface area contributed by atoms with E-state index in [1.807, 2.05) is 25.1 Å². The van der Waals surface area contributed by atoms with Gasteiger partial charge in [0.05, 0.1) is 18.8 Å². The Morgan fingerprint density at radius 3 is 2.90 bits per heavy atom. The lowest BCUT2D eigenvalue weighted by Gasteiger charge is -2.33. The van der Waals surface area contributed by atoms with Crippen molar-refractivity contribution in [3.63, 3.8) is 0 Å². The van der Waals surface area contributed by atoms with Gasteiger partial charge in [0.2, 0.25) is 0 Å². The van der Waals surface area contributed by atoms with Gasteiger partial charge < -0.3 is 15.0 Å². The lowest BCUT2D eigenvalue weighted by atomic mass is 10.0. The maximum atomic E-state index is 13.5. The van der Waals surface area contributed by atoms with E-state index in [4.69, 9.17) is 4.74 Å². The van der Waals surface area contributed by atoms with Crippen LogP contribution in [0, 0.1) is 12.7 Å². The number of carbonyl (C=O) groups excluding carboxylic acids is 1. The third kappa shape index (κ3) is 5.06. The summed E-state index contributed by atoms with van der Waals surface area (Å²) in [4.78, 5) is 23.6. The van der Waals surface area contributed by atoms with E-state index in [9.17, 15) is 9.18 Å². The molecular weight excluding hydrogens is 395 g/mol. The highest BCUT2D eigenvalue weighted by Gasteiger charge is 2.27. The van der Waals surface area contributed by atoms with E-state index in [-0.39, 0.29) is 17.8 Å². The van der Waals surface area contributed by atoms with Gasteiger partial charge in [-0.2, -0.15) is 0 Å². The highest BCUT2D eigenvalue weighted by atomic mass is 19.1. The minimum atomic E-state index is -0.311. The number of ether oxygens (including phenoxy) is 1. The molecule has 1 aliphatic heterocycles. The highest BCUT2D eigenvalue weighted by molar-refractivity contribution is 5.94. The Balaban J connectivity index is 1.52. The molecule has 0 aliphatic carbocycles. The quantitative estimate of drug-likeness (QED) is 0.681. The Kier molecular flexibility index (Phi) is 6.23. The van der Waals surface area contributed by atoms with Crippen molar-refractivity contribution >= 4 is 11.7 Å². The zero-order chi connectivity index (χ0) is 21.8. The predicted molar refractivity (Wildman–Crippen MR) is 117 cm³/mol. The summed E-state index contributed by atoms with van der Waals surface area (Å²) in [5, 5.41) is 2.96. The smallest absolute Gasteiger partial charge is 0.254 e. The lowest BCUT2D eigenvalue weighted by molar-refractivity contribution is -0.0248. The van der Waals surface area contributed by atoms with Gasteiger partial charge >= 0.3 is 0 Å². The Hall–Kier alpha value is -3.32. The summed E-state index contributed by atoms with van der Waals surface area (Å²) >= 11 is 0. The number of morpholine rings is 1. The van der Waals surface area contributed by atoms with Crippen LogP contribution < -0.4 is 5.32 Å². The molecule has 1 aromatic carbocycles. The van der Waals surface area contributed by atoms with Crippen LogP contribution in [0.2, 0.25) is 0 Å². The number of amides is 1. The molecule has 1 saturated heterocycles. The minimum absolute atomic E-state index is 0.0557. The molecule has 0 unspecified atom stereocenters. The molecule has 1 aliphatic rings. The number of halogens is 1. The van der Waals surface area contributed by atoms with Crippen molar-refractivity contribution in [1.29, 1.82) is 0 Å². The van der Waals surface area contributed by atoms with Crippen LogP contribution >= 0.6 is 0 Å². The Morgan fingerprint density at radius 2 is 2.10 bits per heavy atom. The molecule has 6 nitrogen and oxygen atoms in total. The van der Waals surface area contributed by atoms with Gasteiger partial charge in [-0.1, -0.05) is 12.1 Å². The molecule has 31 heavy (non-hydrogen) atoms. The van der Waals surface area contributed by atoms with Crippen molar-refractivity contribution in [3.05, 3.63) is 88.6 Å². The van der Waals surface area contributed by atoms with E-state index in [0.29, 0.717) is 37.5 Å². The molecule has 0 saturated carbocycles. The van der Waals surface area contributed by atoms with Gasteiger partial charge in [-0.15, -0.1) is 0 Å². The zero-order valence-corrected chi connectivity index (χ0v) is 17.6. The first kappa shape index (κ1) is 20.9. The van der Waals surface area contributed by atoms with Gasteiger partial charge in [0.15, 0.2) is 0 Å². The molecule has 1 N–H and O–H groups in total. The van der Waals surface area contributed by atoms with Gasteiger partial charge in [-0.3, -0.25) is 9.78 Å². The van der Waals surface area contributed by atoms with Crippen LogP contribution in [0.3, 0.4) is 0 Å². The number of aryl methyl sites for hydroxylation is 1. The van der Waals surface area contributed by atoms with Crippen LogP contribution in [0.1, 0.15) is 39.0 Å². The Bertz CT molecular complexity index is 1090. The fourth-order valence-electron chi connectivity index (χ4n) is 3.81. The molecule has 7 heteroatoms. The average molecular weight is 420 g/mol. The van der Waals surface area contributed by atoms with Gasteiger partial charge in [0, 0.05) is 31.0 Å². The van der Waals surface area contributed by atoms with Crippen molar-refractivity contribution in [2.45, 2.75) is 19.4 Å². The van der Waals surface area contributed by atoms with Gasteiger partial charge in [-0.05, 0) is 60.9 Å². The monoisotopic (exact) mass is 420 g/mol. The number of hydrogen-bond donors (Lipinski definition) is 1. The van der Waals surface area contributed by atoms with E-state index in [1.54, 1.807) is 42.4 Å². The fourth-order valence-corrected chi connectivity index (χ4v) is 3.81. The van der Waals surface area contributed by atoms with E-state index >= 15 is 0 Å². The van der Waals surface area contributed by atoms with Crippen molar-refractivity contribution in [3.8, 4) is 0 Å². The molecule has 1 amide bonds. The minimum Gasteiger partial charge on any atom is -0.373 e. The molecule has 1 fully saturated rings. The number of hydrogen-bond acceptors (Lipinski definition) is 5. The third-order valence-electron chi connectivity index (χ3n) is 5.28. The van der Waals surface area contributed by atoms with Crippen molar-refractivity contribution in [2.75, 3.05) is 32.1 Å². The first-order chi connectivity index (χ1) is 15.0. The van der Waals surface area contributed by atoms with Crippen LogP contribution in [0.15, 0.2) is 54.7 Å². The SMILES string of the molecule is CNc1cc(C(=O)N2CCO[C@H](c3cc(Cc4cccc(F)c4)cc(C)n3)C2)ccn1. The number of pyridine rings is 2. The summed E-state index contributed by atoms with van der Waals surface area (Å²) in [6.45, 7) is 3.32. The van der Waals surface area contributed by atoms with E-state index < -0.39 is 0 Å². The third-order valence-corrected chi connectivity index (χ3v) is 5.28. The summed E-state index contributed by atoms with van der Waals surface area (Å²) in [6.07, 6.45) is 1.92. The number of anilines is 1. The number of nitrogens with zero attached hydrogens (tertiary/aromatic N) is 3. The van der Waals surface area contributed by atoms with Gasteiger partial charge in [0.25, 0.3) is 5.91 Å². The van der Waals surface area contributed by atoms with Crippen LogP contribution in [-0.4, -0.2) is 47.5 Å². The topological polar surface area (TPSA) is 67.4 Å². The second-order valence-corrected chi connectivity index (χ2v) is 7.64. The summed E-state index contributed by atoms with van der Waals surface area (Å²) in [6, 6.07) is 14.1. The fraction of sp³-hybridized carbons (Fsp3) is 0.292. The maximum absolute atomic E-state index is 13.5. The summed E-state index contributed by atoms with van der Waals surface area (Å²) in [7, 11) is 1.77. The molecule has 3 heterocycles. The van der Waals surface area contributed by atoms with Gasteiger partial charge in [-0.25, -0.2) is 9.37 Å². The van der Waals surface area contributed by atoms with E-state index in [2.05, 4.69) is 15.3 Å². The van der Waals surface area contributed by atoms with Crippen LogP contribution in [0.25, 0.3) is 0 Å². The molecule has 0 spiro atoms. The Labute approximate surface area is 181 Å². The molecule has 1 atom stereocenters. The first-order valence-corrected chi connectivity index (χ1v) is 10.3. The largest absolute Gasteiger partial charge is 0.373 e. The van der Waals surface area contributed by atoms with Crippen molar-refractivity contribution in [1.82, 2.24) is 14.9 Å².